The van der Waals surface area contributed by atoms with Gasteiger partial charge in [0.15, 0.2) is 0 Å². The molecule has 0 aromatic heterocycles. The molecule has 1 saturated heterocycles. The van der Waals surface area contributed by atoms with Crippen molar-refractivity contribution in [2.24, 2.45) is 5.11 Å². The molecule has 2 unspecified atom stereocenters. The van der Waals surface area contributed by atoms with Crippen LogP contribution >= 0.6 is 0 Å². The zero-order valence-corrected chi connectivity index (χ0v) is 52.8. The lowest BCUT2D eigenvalue weighted by Crippen LogP contribution is -2.43. The number of alkyl carbamates (subject to hydrolysis) is 1. The van der Waals surface area contributed by atoms with Gasteiger partial charge in [0, 0.05) is 99.3 Å². The number of amides is 6. The van der Waals surface area contributed by atoms with E-state index in [1.807, 2.05) is 39.0 Å². The number of hydrogen-bond acceptors (Lipinski definition) is 11. The summed E-state index contributed by atoms with van der Waals surface area (Å²) in [5.74, 6) is -0.534. The van der Waals surface area contributed by atoms with Gasteiger partial charge < -0.3 is 50.6 Å². The maximum absolute atomic E-state index is 14.5. The number of likely N-dealkylation sites (N-methyl/N-ethyl adjacent to an activating group) is 2. The average Bonchev–Trinajstić information content (AvgIpc) is 0.808. The van der Waals surface area contributed by atoms with Gasteiger partial charge in [-0.2, -0.15) is 0 Å². The second kappa shape index (κ2) is 35.3. The maximum atomic E-state index is 14.5. The Kier molecular flexibility index (Phi) is 28.2. The highest BCUT2D eigenvalue weighted by Gasteiger charge is 2.52. The highest BCUT2D eigenvalue weighted by molar-refractivity contribution is 5.94. The minimum atomic E-state index is -0.946. The Bertz CT molecular complexity index is 2680. The number of carbonyl (C=O) groups excluding carboxylic acids is 6. The SMILES string of the molecule is CCCCCCCCC(=O)Nc1ccc2c(c1)C1(CCC(=O)N(C)CCOCCOCCN(C)C(=O)C3CC(N=[N+]=[N-])CN3)c3cc(NC(=O)CCCCCCCC)ccc3C2c2ccc(NC(=O)CCCCCCCNC(=O)OC(C)(C)C)cc21. The van der Waals surface area contributed by atoms with E-state index in [2.05, 4.69) is 86.9 Å². The van der Waals surface area contributed by atoms with E-state index in [-0.39, 0.29) is 54.5 Å². The lowest BCUT2D eigenvalue weighted by molar-refractivity contribution is -0.133. The van der Waals surface area contributed by atoms with Crippen molar-refractivity contribution in [2.45, 2.75) is 211 Å². The molecule has 4 aliphatic rings. The first kappa shape index (κ1) is 68.6. The van der Waals surface area contributed by atoms with Crippen LogP contribution in [0.1, 0.15) is 222 Å². The van der Waals surface area contributed by atoms with Crippen LogP contribution in [0.25, 0.3) is 10.4 Å². The second-order valence-corrected chi connectivity index (χ2v) is 24.7. The minimum absolute atomic E-state index is 0.0440. The van der Waals surface area contributed by atoms with Crippen molar-refractivity contribution >= 4 is 52.7 Å². The zero-order valence-electron chi connectivity index (χ0n) is 52.8. The van der Waals surface area contributed by atoms with Crippen LogP contribution in [0.15, 0.2) is 59.7 Å². The monoisotopic (exact) mass is 1190 g/mol. The number of rotatable bonds is 39. The number of carbonyl (C=O) groups is 6. The summed E-state index contributed by atoms with van der Waals surface area (Å²) >= 11 is 0. The van der Waals surface area contributed by atoms with E-state index in [0.717, 1.165) is 110 Å². The molecule has 7 rings (SSSR count). The van der Waals surface area contributed by atoms with Crippen molar-refractivity contribution in [3.8, 4) is 0 Å². The highest BCUT2D eigenvalue weighted by atomic mass is 16.6. The smallest absolute Gasteiger partial charge is 0.407 e. The van der Waals surface area contributed by atoms with Crippen LogP contribution in [0, 0.1) is 0 Å². The maximum Gasteiger partial charge on any atom is 0.407 e. The van der Waals surface area contributed by atoms with Crippen molar-refractivity contribution in [1.29, 1.82) is 0 Å². The number of hydrogen-bond donors (Lipinski definition) is 5. The molecule has 19 nitrogen and oxygen atoms in total. The Balaban J connectivity index is 1.19. The molecular formula is C67H100N10O9. The quantitative estimate of drug-likeness (QED) is 0.0156. The van der Waals surface area contributed by atoms with Crippen molar-refractivity contribution in [1.82, 2.24) is 20.4 Å². The van der Waals surface area contributed by atoms with Crippen LogP contribution in [-0.2, 0) is 43.6 Å². The molecule has 472 valence electrons. The third-order valence-corrected chi connectivity index (χ3v) is 16.7. The summed E-state index contributed by atoms with van der Waals surface area (Å²) in [6, 6.07) is 17.9. The fourth-order valence-electron chi connectivity index (χ4n) is 12.1. The van der Waals surface area contributed by atoms with Gasteiger partial charge >= 0.3 is 6.09 Å². The van der Waals surface area contributed by atoms with Gasteiger partial charge in [-0.05, 0) is 135 Å². The van der Waals surface area contributed by atoms with Gasteiger partial charge in [0.2, 0.25) is 29.5 Å². The number of benzene rings is 3. The molecule has 86 heavy (non-hydrogen) atoms. The minimum Gasteiger partial charge on any atom is -0.444 e. The van der Waals surface area contributed by atoms with Crippen LogP contribution in [0.2, 0.25) is 0 Å². The van der Waals surface area contributed by atoms with Crippen molar-refractivity contribution < 1.29 is 43.0 Å². The molecule has 1 heterocycles. The number of nitrogens with zero attached hydrogens (tertiary/aromatic N) is 5. The molecule has 1 aliphatic heterocycles. The Morgan fingerprint density at radius 2 is 1.06 bits per heavy atom. The third kappa shape index (κ3) is 20.8. The lowest BCUT2D eigenvalue weighted by atomic mass is 9.51. The largest absolute Gasteiger partial charge is 0.444 e. The standard InChI is InChI=1S/C67H100N10O9/c1-8-10-12-14-17-21-25-59(78)71-48-28-31-52-55(43-48)67(35-34-62(81)76(6)37-39-84-41-42-85-40-38-77(7)64(82)58-46-51(47-70-58)74-75-68)56-44-49(72-60(79)26-22-18-15-13-11-9-2)29-32-53(56)63(52)54-33-30-50(45-57(54)67)73-61(80)27-23-19-16-20-24-36-69-65(83)86-66(3,4)5/h28-33,43-45,51,58,63,70H,8-27,34-42,46-47H2,1-7H3,(H,69,83)(H,71,78)(H,72,79)(H,73,80). The predicted octanol–water partition coefficient (Wildman–Crippen LogP) is 12.8. The summed E-state index contributed by atoms with van der Waals surface area (Å²) in [7, 11) is 3.50. The van der Waals surface area contributed by atoms with Gasteiger partial charge in [0.1, 0.15) is 5.60 Å². The molecule has 2 bridgehead atoms. The van der Waals surface area contributed by atoms with E-state index in [1.165, 1.54) is 25.7 Å². The van der Waals surface area contributed by atoms with Gasteiger partial charge in [0.25, 0.3) is 0 Å². The number of anilines is 3. The first-order chi connectivity index (χ1) is 41.5. The van der Waals surface area contributed by atoms with E-state index >= 15 is 0 Å². The van der Waals surface area contributed by atoms with E-state index < -0.39 is 23.2 Å². The van der Waals surface area contributed by atoms with Crippen LogP contribution in [0.5, 0.6) is 0 Å². The first-order valence-corrected chi connectivity index (χ1v) is 32.2. The van der Waals surface area contributed by atoms with E-state index in [1.54, 1.807) is 23.9 Å². The van der Waals surface area contributed by atoms with E-state index in [4.69, 9.17) is 19.7 Å². The molecule has 0 saturated carbocycles. The molecule has 3 aromatic rings. The topological polar surface area (TPSA) is 246 Å². The van der Waals surface area contributed by atoms with Crippen LogP contribution in [-0.4, -0.2) is 130 Å². The Morgan fingerprint density at radius 1 is 0.616 bits per heavy atom. The highest BCUT2D eigenvalue weighted by Crippen LogP contribution is 2.62. The Morgan fingerprint density at radius 3 is 1.51 bits per heavy atom. The molecule has 1 fully saturated rings. The van der Waals surface area contributed by atoms with Crippen LogP contribution in [0.4, 0.5) is 21.9 Å². The van der Waals surface area contributed by atoms with Gasteiger partial charge in [-0.3, -0.25) is 24.0 Å². The van der Waals surface area contributed by atoms with Crippen LogP contribution < -0.4 is 26.6 Å². The molecule has 0 spiro atoms. The summed E-state index contributed by atoms with van der Waals surface area (Å²) in [4.78, 5) is 86.6. The summed E-state index contributed by atoms with van der Waals surface area (Å²) in [6.07, 6.45) is 18.8. The van der Waals surface area contributed by atoms with E-state index in [0.29, 0.717) is 102 Å². The molecule has 3 aliphatic carbocycles. The Hall–Kier alpha value is -6.53. The molecule has 0 radical (unpaired) electrons. The van der Waals surface area contributed by atoms with Crippen molar-refractivity contribution in [3.05, 3.63) is 98.4 Å². The number of unbranched alkanes of at least 4 members (excludes halogenated alkanes) is 14. The van der Waals surface area contributed by atoms with Gasteiger partial charge in [-0.1, -0.05) is 121 Å². The fraction of sp³-hybridized carbons (Fsp3) is 0.642. The summed E-state index contributed by atoms with van der Waals surface area (Å²) < 4.78 is 17.1. The number of ether oxygens (including phenoxy) is 3. The number of nitrogens with one attached hydrogen (secondary N) is 5. The molecule has 5 N–H and O–H groups in total. The van der Waals surface area contributed by atoms with Gasteiger partial charge in [0.05, 0.1) is 38.5 Å². The zero-order chi connectivity index (χ0) is 61.9. The molecule has 19 heteroatoms. The molecule has 3 aromatic carbocycles. The summed E-state index contributed by atoms with van der Waals surface area (Å²) in [6.45, 7) is 12.9. The van der Waals surface area contributed by atoms with Gasteiger partial charge in [-0.15, -0.1) is 0 Å². The lowest BCUT2D eigenvalue weighted by Gasteiger charge is -2.51. The summed E-state index contributed by atoms with van der Waals surface area (Å²) in [5, 5.41) is 19.3. The first-order valence-electron chi connectivity index (χ1n) is 32.2. The average molecular weight is 1190 g/mol. The van der Waals surface area contributed by atoms with Crippen LogP contribution in [0.3, 0.4) is 0 Å². The van der Waals surface area contributed by atoms with E-state index in [9.17, 15) is 28.8 Å². The normalized spacial score (nSPS) is 17.1. The molecule has 6 amide bonds. The van der Waals surface area contributed by atoms with Crippen molar-refractivity contribution in [3.63, 3.8) is 0 Å². The molecular weight excluding hydrogens is 1090 g/mol. The second-order valence-electron chi connectivity index (χ2n) is 24.7. The third-order valence-electron chi connectivity index (χ3n) is 16.7. The molecule has 2 atom stereocenters. The predicted molar refractivity (Wildman–Crippen MR) is 339 cm³/mol. The Labute approximate surface area is 511 Å². The number of azide groups is 1. The fourth-order valence-corrected chi connectivity index (χ4v) is 12.1. The summed E-state index contributed by atoms with van der Waals surface area (Å²) in [5.41, 5.74) is 15.4. The van der Waals surface area contributed by atoms with Gasteiger partial charge in [-0.25, -0.2) is 4.79 Å². The van der Waals surface area contributed by atoms with Crippen molar-refractivity contribution in [2.75, 3.05) is 82.7 Å².